The summed E-state index contributed by atoms with van der Waals surface area (Å²) in [6, 6.07) is -11.9. The van der Waals surface area contributed by atoms with Crippen molar-refractivity contribution in [3.63, 3.8) is 0 Å². The van der Waals surface area contributed by atoms with Crippen molar-refractivity contribution in [2.45, 2.75) is 413 Å². The number of ether oxygens (including phenoxy) is 2. The zero-order valence-electron chi connectivity index (χ0n) is 95.3. The van der Waals surface area contributed by atoms with Gasteiger partial charge >= 0.3 is 11.9 Å². The largest absolute Gasteiger partial charge is 0.480 e. The van der Waals surface area contributed by atoms with Gasteiger partial charge in [0.2, 0.25) is 82.7 Å². The zero-order chi connectivity index (χ0) is 112. The van der Waals surface area contributed by atoms with E-state index in [4.69, 9.17) is 14.6 Å². The van der Waals surface area contributed by atoms with E-state index >= 15 is 0 Å². The molecule has 0 bridgehead atoms. The van der Waals surface area contributed by atoms with Crippen molar-refractivity contribution in [2.75, 3.05) is 97.7 Å². The Morgan fingerprint density at radius 1 is 0.373 bits per heavy atom. The Bertz CT molecular complexity index is 4040. The lowest BCUT2D eigenvalue weighted by Gasteiger charge is -2.38. The van der Waals surface area contributed by atoms with E-state index in [1.54, 1.807) is 116 Å². The monoisotopic (exact) mass is 2020 g/mol. The number of Topliss-reactive ketones (excluding diaryl/α,β-unsaturated/α-hetero) is 2. The summed E-state index contributed by atoms with van der Waals surface area (Å²) in [5.41, 5.74) is -1.15. The van der Waals surface area contributed by atoms with Gasteiger partial charge in [-0.05, 0) is 170 Å². The molecule has 822 valence electrons. The van der Waals surface area contributed by atoms with Crippen LogP contribution in [0.3, 0.4) is 0 Å². The number of aliphatic carboxylic acids is 2. The fourth-order valence-electron chi connectivity index (χ4n) is 16.1. The van der Waals surface area contributed by atoms with Gasteiger partial charge in [0.25, 0.3) is 0 Å². The summed E-state index contributed by atoms with van der Waals surface area (Å²) in [7, 11) is 18.8. The van der Waals surface area contributed by atoms with Gasteiger partial charge in [0.1, 0.15) is 84.0 Å². The second-order valence-corrected chi connectivity index (χ2v) is 41.8. The Morgan fingerprint density at radius 3 is 0.958 bits per heavy atom. The quantitative estimate of drug-likeness (QED) is 0.0267. The molecule has 8 N–H and O–H groups in total. The van der Waals surface area contributed by atoms with Crippen molar-refractivity contribution < 1.29 is 106 Å². The summed E-state index contributed by atoms with van der Waals surface area (Å²) in [6.07, 6.45) is 7.62. The fourth-order valence-corrected chi connectivity index (χ4v) is 16.1. The second-order valence-electron chi connectivity index (χ2n) is 41.8. The number of carboxylic acids is 2. The first-order chi connectivity index (χ1) is 65.3. The van der Waals surface area contributed by atoms with Gasteiger partial charge in [-0.1, -0.05) is 191 Å². The van der Waals surface area contributed by atoms with Gasteiger partial charge in [-0.15, -0.1) is 0 Å². The molecule has 14 amide bonds. The average molecular weight is 2020 g/mol. The number of likely N-dealkylation sites (N-methyl/N-ethyl adjacent to an activating group) is 12. The molecule has 0 saturated carbocycles. The summed E-state index contributed by atoms with van der Waals surface area (Å²) >= 11 is 0. The minimum atomic E-state index is -1.08. The molecule has 0 spiro atoms. The highest BCUT2D eigenvalue weighted by molar-refractivity contribution is 5.99. The van der Waals surface area contributed by atoms with Crippen LogP contribution >= 0.6 is 0 Å². The Balaban J connectivity index is -0.00000193. The van der Waals surface area contributed by atoms with Crippen LogP contribution in [0.5, 0.6) is 0 Å². The third-order valence-corrected chi connectivity index (χ3v) is 26.7. The maximum absolute atomic E-state index is 13.6. The third-order valence-electron chi connectivity index (χ3n) is 26.7. The first kappa shape index (κ1) is 137. The molecule has 17 atom stereocenters. The van der Waals surface area contributed by atoms with Crippen LogP contribution in [0.4, 0.5) is 0 Å². The number of carbonyl (C=O) groups excluding carboxylic acids is 16. The number of nitrogens with one attached hydrogen (secondary N) is 6. The molecule has 2 fully saturated rings. The summed E-state index contributed by atoms with van der Waals surface area (Å²) in [6.45, 7) is 57.7. The van der Waals surface area contributed by atoms with Gasteiger partial charge in [0.15, 0.2) is 11.6 Å². The molecular weight excluding hydrogens is 1830 g/mol. The Labute approximate surface area is 851 Å². The molecule has 39 heteroatoms. The lowest BCUT2D eigenvalue weighted by Crippen LogP contribution is -2.59. The molecule has 0 aromatic heterocycles. The number of amides is 14. The van der Waals surface area contributed by atoms with E-state index in [0.29, 0.717) is 38.5 Å². The van der Waals surface area contributed by atoms with E-state index in [9.17, 15) is 91.4 Å². The van der Waals surface area contributed by atoms with Gasteiger partial charge in [-0.25, -0.2) is 4.79 Å². The molecule has 2 saturated heterocycles. The van der Waals surface area contributed by atoms with Crippen LogP contribution in [-0.2, 0) is 95.8 Å². The van der Waals surface area contributed by atoms with Crippen LogP contribution < -0.4 is 31.9 Å². The second kappa shape index (κ2) is 64.5. The molecule has 17 unspecified atom stereocenters. The van der Waals surface area contributed by atoms with Gasteiger partial charge in [0, 0.05) is 69.3 Å². The standard InChI is InChI=1S/C38H69N7O8.C29H54N6O6.C24H45N3O5.C10H19NO3.C2H6/c1-16-18-19-20-28(26(9)46)40-33(48)25(8)44(14)37(52)30(22(3)4)41-34(49)24(7)43(13)29(47)21-42(12)36(51)27(17-2)39-35(50)31-32(23(5)6)53-38(10,11)45(31)15;1-12-14-15-16-23(21(7)36)31-26(38)20(6)35(11)29(41)25(18(3)4)32-27(39)19(5)34(10)24(37)17-33(9)28(40)22(13-2)30-8;1-14(2)12-18(25(9)21(28)17(7)8)22(29)26(10)19(13-15(3)4)23(30)27(11)20(16(5)6)24(31)32;1-6(2)8-7(9(12)13)11(5)10(3,4)14-8;1-2/h22-25,27-28,30-32H,16-21H2,1-15H3,(H,39,50)(H,40,48)(H,41,49);18-20,22-23,25,30H,12-17H2,1-11H3,(H,31,38)(H,32,39);14-20H,12-13H2,1-11H3,(H,31,32);6-8H,1-5H3,(H,12,13);1-2H3. The van der Waals surface area contributed by atoms with Crippen molar-refractivity contribution in [1.82, 2.24) is 85.8 Å². The summed E-state index contributed by atoms with van der Waals surface area (Å²) < 4.78 is 11.9. The van der Waals surface area contributed by atoms with Gasteiger partial charge in [-0.2, -0.15) is 0 Å². The Morgan fingerprint density at radius 2 is 0.683 bits per heavy atom. The number of hydrogen-bond donors (Lipinski definition) is 8. The number of rotatable bonds is 52. The predicted molar refractivity (Wildman–Crippen MR) is 552 cm³/mol. The van der Waals surface area contributed by atoms with Crippen LogP contribution in [0, 0.1) is 47.3 Å². The van der Waals surface area contributed by atoms with Crippen LogP contribution in [0.2, 0.25) is 0 Å². The maximum atomic E-state index is 13.6. The lowest BCUT2D eigenvalue weighted by molar-refractivity contribution is -0.157. The molecule has 39 nitrogen and oxygen atoms in total. The predicted octanol–water partition coefficient (Wildman–Crippen LogP) is 8.00. The molecule has 2 aliphatic heterocycles. The van der Waals surface area contributed by atoms with Crippen molar-refractivity contribution in [1.29, 1.82) is 0 Å². The van der Waals surface area contributed by atoms with Crippen molar-refractivity contribution >= 4 is 106 Å². The normalized spacial score (nSPS) is 18.1. The van der Waals surface area contributed by atoms with Crippen LogP contribution in [-0.4, -0.2) is 382 Å². The molecule has 0 aromatic rings. The lowest BCUT2D eigenvalue weighted by atomic mass is 9.96. The number of carbonyl (C=O) groups is 18. The highest BCUT2D eigenvalue weighted by Crippen LogP contribution is 2.36. The van der Waals surface area contributed by atoms with Crippen LogP contribution in [0.25, 0.3) is 0 Å². The summed E-state index contributed by atoms with van der Waals surface area (Å²) in [5, 5.41) is 35.5. The number of carboxylic acid groups (broad SMARTS) is 2. The third kappa shape index (κ3) is 42.0. The number of ketones is 2. The van der Waals surface area contributed by atoms with Gasteiger partial charge in [-0.3, -0.25) is 91.3 Å². The molecule has 2 heterocycles. The molecule has 0 aromatic carbocycles. The van der Waals surface area contributed by atoms with Crippen LogP contribution in [0.15, 0.2) is 0 Å². The first-order valence-electron chi connectivity index (χ1n) is 51.1. The number of unbranched alkanes of at least 4 members (excludes halogenated alkanes) is 4. The minimum absolute atomic E-state index is 0.0531. The highest BCUT2D eigenvalue weighted by Gasteiger charge is 2.52. The molecule has 0 aliphatic carbocycles. The minimum Gasteiger partial charge on any atom is -0.480 e. The van der Waals surface area contributed by atoms with E-state index in [0.717, 1.165) is 38.5 Å². The molecule has 2 rings (SSSR count). The first-order valence-corrected chi connectivity index (χ1v) is 51.1. The highest BCUT2D eigenvalue weighted by atomic mass is 16.6. The van der Waals surface area contributed by atoms with Crippen LogP contribution in [0.1, 0.15) is 299 Å². The topological polar surface area (TPSA) is 474 Å². The zero-order valence-corrected chi connectivity index (χ0v) is 95.3. The van der Waals surface area contributed by atoms with Gasteiger partial charge < -0.3 is 95.7 Å². The van der Waals surface area contributed by atoms with E-state index in [2.05, 4.69) is 38.8 Å². The fraction of sp³-hybridized carbons (Fsp3) is 0.825. The molecule has 142 heavy (non-hydrogen) atoms. The SMILES string of the molecule is CC.CC(C)C1OC(C)(C)N(C)C1C(=O)O.CC(C)CC(C(=O)N(C)C(CC(C)C)C(=O)N(C)C(C(=O)O)C(C)C)N(C)C(=O)C(C)C.CCCCCC(NC(=O)C(C)N(C)C(=O)C(NC(=O)C(C)N(C)C(=O)CN(C)C(=O)C(CC)NC(=O)C1C(C(C)C)OC(C)(C)N1C)C(C)C)C(C)=O.CCCCCC(NC(=O)C(C)N(C)C(=O)C(NC(=O)C(C)N(C)C(=O)CN(C)C(=O)C(CC)NC)C(C)C)C(C)=O. The molecular formula is C103H193N17O22. The summed E-state index contributed by atoms with van der Waals surface area (Å²) in [5.74, 6) is -8.71. The van der Waals surface area contributed by atoms with Crippen molar-refractivity contribution in [3.05, 3.63) is 0 Å². The van der Waals surface area contributed by atoms with Crippen molar-refractivity contribution in [3.8, 4) is 0 Å². The maximum Gasteiger partial charge on any atom is 0.326 e. The van der Waals surface area contributed by atoms with Crippen molar-refractivity contribution in [2.24, 2.45) is 47.3 Å². The average Bonchev–Trinajstić information content (AvgIpc) is 1.61. The van der Waals surface area contributed by atoms with E-state index in [-0.39, 0.29) is 108 Å². The van der Waals surface area contributed by atoms with E-state index in [1.165, 1.54) is 114 Å². The Hall–Kier alpha value is -9.34. The summed E-state index contributed by atoms with van der Waals surface area (Å²) in [4.78, 5) is 247. The smallest absolute Gasteiger partial charge is 0.326 e. The number of nitrogens with zero attached hydrogens (tertiary/aromatic N) is 11. The molecule has 0 radical (unpaired) electrons. The molecule has 2 aliphatic rings. The van der Waals surface area contributed by atoms with E-state index in [1.807, 2.05) is 123 Å². The Kier molecular flexibility index (Phi) is 62.1. The van der Waals surface area contributed by atoms with Gasteiger partial charge in [0.05, 0.1) is 43.4 Å². The number of hydrogen-bond acceptors (Lipinski definition) is 23. The van der Waals surface area contributed by atoms with E-state index < -0.39 is 173 Å².